The molecule has 2 aromatic carbocycles. The van der Waals surface area contributed by atoms with Gasteiger partial charge >= 0.3 is 0 Å². The van der Waals surface area contributed by atoms with E-state index in [1.165, 1.54) is 11.0 Å². The maximum Gasteiger partial charge on any atom is 0.261 e. The molecule has 1 atom stereocenters. The second kappa shape index (κ2) is 7.40. The van der Waals surface area contributed by atoms with Crippen molar-refractivity contribution < 1.29 is 19.1 Å². The molecule has 0 spiro atoms. The Morgan fingerprint density at radius 3 is 2.56 bits per heavy atom. The summed E-state index contributed by atoms with van der Waals surface area (Å²) in [6, 6.07) is 12.0. The molecule has 1 fully saturated rings. The van der Waals surface area contributed by atoms with Gasteiger partial charge < -0.3 is 10.1 Å². The minimum Gasteiger partial charge on any atom is -0.376 e. The van der Waals surface area contributed by atoms with Crippen molar-refractivity contribution in [3.8, 4) is 0 Å². The molecule has 1 N–H and O–H groups in total. The number of rotatable bonds is 4. The Labute approximate surface area is 170 Å². The van der Waals surface area contributed by atoms with Crippen LogP contribution in [-0.2, 0) is 4.74 Å². The van der Waals surface area contributed by atoms with Crippen molar-refractivity contribution >= 4 is 46.0 Å². The molecule has 2 aliphatic rings. The number of nitrogens with zero attached hydrogens (tertiary/aromatic N) is 1. The minimum atomic E-state index is -0.366. The summed E-state index contributed by atoms with van der Waals surface area (Å²) < 4.78 is 6.60. The smallest absolute Gasteiger partial charge is 0.261 e. The van der Waals surface area contributed by atoms with Crippen LogP contribution in [0.3, 0.4) is 0 Å². The molecule has 138 valence electrons. The lowest BCUT2D eigenvalue weighted by atomic mass is 10.1. The third-order valence-corrected chi connectivity index (χ3v) is 5.46. The van der Waals surface area contributed by atoms with Crippen LogP contribution >= 0.6 is 22.6 Å². The number of imide groups is 1. The molecule has 4 rings (SSSR count). The molecule has 1 saturated heterocycles. The van der Waals surface area contributed by atoms with E-state index in [2.05, 4.69) is 27.9 Å². The van der Waals surface area contributed by atoms with Crippen molar-refractivity contribution in [2.45, 2.75) is 18.9 Å². The number of amides is 3. The zero-order valence-electron chi connectivity index (χ0n) is 14.4. The molecule has 27 heavy (non-hydrogen) atoms. The van der Waals surface area contributed by atoms with E-state index >= 15 is 0 Å². The third-order valence-electron chi connectivity index (χ3n) is 4.75. The van der Waals surface area contributed by atoms with Crippen molar-refractivity contribution in [1.29, 1.82) is 0 Å². The fourth-order valence-electron chi connectivity index (χ4n) is 3.33. The number of ether oxygens (including phenoxy) is 1. The molecule has 3 amide bonds. The molecule has 2 aromatic rings. The summed E-state index contributed by atoms with van der Waals surface area (Å²) in [5.41, 5.74) is 1.62. The lowest BCUT2D eigenvalue weighted by Crippen LogP contribution is -2.36. The number of halogens is 1. The Morgan fingerprint density at radius 2 is 1.85 bits per heavy atom. The van der Waals surface area contributed by atoms with Gasteiger partial charge in [-0.1, -0.05) is 0 Å². The summed E-state index contributed by atoms with van der Waals surface area (Å²) in [6.45, 7) is 0.924. The van der Waals surface area contributed by atoms with Gasteiger partial charge in [-0.3, -0.25) is 19.3 Å². The summed E-state index contributed by atoms with van der Waals surface area (Å²) in [6.07, 6.45) is 1.68. The van der Waals surface area contributed by atoms with Crippen LogP contribution in [0.5, 0.6) is 0 Å². The average molecular weight is 476 g/mol. The Kier molecular flexibility index (Phi) is 4.96. The number of fused-ring (bicyclic) bond motifs is 1. The fourth-order valence-corrected chi connectivity index (χ4v) is 3.69. The maximum absolute atomic E-state index is 12.7. The zero-order chi connectivity index (χ0) is 19.0. The monoisotopic (exact) mass is 476 g/mol. The van der Waals surface area contributed by atoms with Crippen LogP contribution in [0.1, 0.15) is 43.9 Å². The van der Waals surface area contributed by atoms with Crippen LogP contribution in [0.25, 0.3) is 0 Å². The lowest BCUT2D eigenvalue weighted by Gasteiger charge is -2.17. The highest BCUT2D eigenvalue weighted by molar-refractivity contribution is 14.1. The van der Waals surface area contributed by atoms with Crippen LogP contribution in [0, 0.1) is 3.57 Å². The first kappa shape index (κ1) is 18.1. The van der Waals surface area contributed by atoms with Gasteiger partial charge in [0, 0.05) is 21.4 Å². The van der Waals surface area contributed by atoms with Gasteiger partial charge in [-0.05, 0) is 77.9 Å². The molecule has 1 unspecified atom stereocenters. The van der Waals surface area contributed by atoms with E-state index in [0.717, 1.165) is 16.4 Å². The van der Waals surface area contributed by atoms with Crippen LogP contribution in [-0.4, -0.2) is 41.9 Å². The normalized spacial score (nSPS) is 18.7. The molecule has 0 saturated carbocycles. The van der Waals surface area contributed by atoms with E-state index < -0.39 is 0 Å². The molecule has 2 heterocycles. The Balaban J connectivity index is 1.53. The van der Waals surface area contributed by atoms with E-state index in [4.69, 9.17) is 4.74 Å². The number of anilines is 1. The highest BCUT2D eigenvalue weighted by Crippen LogP contribution is 2.26. The summed E-state index contributed by atoms with van der Waals surface area (Å²) in [5.74, 6) is -1.01. The zero-order valence-corrected chi connectivity index (χ0v) is 16.6. The Hall–Kier alpha value is -2.26. The average Bonchev–Trinajstić information content (AvgIpc) is 3.26. The Bertz CT molecular complexity index is 920. The number of nitrogens with one attached hydrogen (secondary N) is 1. The summed E-state index contributed by atoms with van der Waals surface area (Å²) in [4.78, 5) is 39.0. The highest BCUT2D eigenvalue weighted by atomic mass is 127. The predicted molar refractivity (Wildman–Crippen MR) is 108 cm³/mol. The van der Waals surface area contributed by atoms with Gasteiger partial charge in [-0.15, -0.1) is 0 Å². The predicted octanol–water partition coefficient (Wildman–Crippen LogP) is 3.32. The van der Waals surface area contributed by atoms with Crippen molar-refractivity contribution in [3.63, 3.8) is 0 Å². The van der Waals surface area contributed by atoms with Gasteiger partial charge in [-0.25, -0.2) is 0 Å². The van der Waals surface area contributed by atoms with Crippen molar-refractivity contribution in [2.24, 2.45) is 0 Å². The second-order valence-electron chi connectivity index (χ2n) is 6.58. The quantitative estimate of drug-likeness (QED) is 0.543. The molecule has 0 aromatic heterocycles. The van der Waals surface area contributed by atoms with Gasteiger partial charge in [0.2, 0.25) is 0 Å². The number of benzene rings is 2. The molecular weight excluding hydrogens is 459 g/mol. The number of hydrogen-bond donors (Lipinski definition) is 1. The first-order valence-electron chi connectivity index (χ1n) is 8.72. The lowest BCUT2D eigenvalue weighted by molar-refractivity contribution is 0.0475. The summed E-state index contributed by atoms with van der Waals surface area (Å²) in [5, 5.41) is 2.80. The standard InChI is InChI=1S/C20H17IN2O4/c21-13-4-6-14(7-5-13)22-18(24)12-3-8-16-17(10-12)20(26)23(19(16)25)11-15-2-1-9-27-15/h3-8,10,15H,1-2,9,11H2,(H,22,24). The van der Waals surface area contributed by atoms with E-state index in [-0.39, 0.29) is 35.9 Å². The second-order valence-corrected chi connectivity index (χ2v) is 7.82. The first-order valence-corrected chi connectivity index (χ1v) is 9.79. The van der Waals surface area contributed by atoms with Crippen LogP contribution in [0.15, 0.2) is 42.5 Å². The van der Waals surface area contributed by atoms with E-state index in [9.17, 15) is 14.4 Å². The van der Waals surface area contributed by atoms with Gasteiger partial charge in [0.1, 0.15) is 0 Å². The van der Waals surface area contributed by atoms with Gasteiger partial charge in [0.15, 0.2) is 0 Å². The van der Waals surface area contributed by atoms with Crippen LogP contribution in [0.4, 0.5) is 5.69 Å². The summed E-state index contributed by atoms with van der Waals surface area (Å²) >= 11 is 2.19. The molecule has 0 radical (unpaired) electrons. The number of carbonyl (C=O) groups is 3. The highest BCUT2D eigenvalue weighted by Gasteiger charge is 2.37. The van der Waals surface area contributed by atoms with Crippen molar-refractivity contribution in [3.05, 3.63) is 62.7 Å². The summed E-state index contributed by atoms with van der Waals surface area (Å²) in [7, 11) is 0. The molecule has 2 aliphatic heterocycles. The van der Waals surface area contributed by atoms with E-state index in [1.54, 1.807) is 12.1 Å². The van der Waals surface area contributed by atoms with Crippen LogP contribution in [0.2, 0.25) is 0 Å². The minimum absolute atomic E-state index is 0.101. The van der Waals surface area contributed by atoms with Crippen molar-refractivity contribution in [1.82, 2.24) is 4.90 Å². The van der Waals surface area contributed by atoms with Crippen LogP contribution < -0.4 is 5.32 Å². The van der Waals surface area contributed by atoms with Gasteiger partial charge in [0.25, 0.3) is 17.7 Å². The SMILES string of the molecule is O=C(Nc1ccc(I)cc1)c1ccc2c(c1)C(=O)N(CC1CCCO1)C2=O. The molecule has 0 bridgehead atoms. The maximum atomic E-state index is 12.7. The van der Waals surface area contributed by atoms with Gasteiger partial charge in [0.05, 0.1) is 23.8 Å². The molecule has 0 aliphatic carbocycles. The third kappa shape index (κ3) is 3.61. The molecular formula is C20H17IN2O4. The van der Waals surface area contributed by atoms with Gasteiger partial charge in [-0.2, -0.15) is 0 Å². The Morgan fingerprint density at radius 1 is 1.11 bits per heavy atom. The number of hydrogen-bond acceptors (Lipinski definition) is 4. The first-order chi connectivity index (χ1) is 13.0. The molecule has 7 heteroatoms. The van der Waals surface area contributed by atoms with E-state index in [0.29, 0.717) is 23.4 Å². The fraction of sp³-hybridized carbons (Fsp3) is 0.250. The van der Waals surface area contributed by atoms with E-state index in [1.807, 2.05) is 24.3 Å². The number of carbonyl (C=O) groups excluding carboxylic acids is 3. The topological polar surface area (TPSA) is 75.7 Å². The van der Waals surface area contributed by atoms with Crippen molar-refractivity contribution in [2.75, 3.05) is 18.5 Å². The molecule has 6 nitrogen and oxygen atoms in total. The largest absolute Gasteiger partial charge is 0.376 e.